The van der Waals surface area contributed by atoms with Gasteiger partial charge in [-0.1, -0.05) is 38.1 Å². The number of hydrogen-bond donors (Lipinski definition) is 2. The van der Waals surface area contributed by atoms with Crippen LogP contribution in [0.15, 0.2) is 36.4 Å². The molecule has 0 aliphatic carbocycles. The van der Waals surface area contributed by atoms with Crippen LogP contribution in [0.2, 0.25) is 5.82 Å². The summed E-state index contributed by atoms with van der Waals surface area (Å²) < 4.78 is 15.5. The Hall–Kier alpha value is -3.10. The van der Waals surface area contributed by atoms with Gasteiger partial charge in [-0.25, -0.2) is 0 Å². The molecule has 1 aromatic rings. The Balaban J connectivity index is 2.34. The third-order valence-electron chi connectivity index (χ3n) is 5.25. The standard InChI is InChI=1S/C23H30BN2O6/c1-15(2)21-20(27)13-17(23(29)30-3)6-4-5-11-31-18-9-7-16(8-10-18)12-19(22(28)26-21)24-32-14-25/h4-5,7-10,14-15,17,19,21,25H,6,11-13H2,1-3H3,(H,26,28)/t17-,19+,21+/m1/s1. The molecular formula is C23H30BN2O6. The van der Waals surface area contributed by atoms with Crippen LogP contribution >= 0.6 is 0 Å². The highest BCUT2D eigenvalue weighted by molar-refractivity contribution is 6.39. The SMILES string of the molecule is COC(=O)[C@@H]1CC=CCOc2ccc(cc2)C[C@H]([B]OC=N)C(=O)N[C@@H](C(C)C)C(=O)C1. The number of carbonyl (C=O) groups is 3. The van der Waals surface area contributed by atoms with Crippen LogP contribution in [0.5, 0.6) is 5.75 Å². The smallest absolute Gasteiger partial charge is 0.384 e. The summed E-state index contributed by atoms with van der Waals surface area (Å²) in [5, 5.41) is 9.92. The molecule has 9 heteroatoms. The zero-order chi connectivity index (χ0) is 23.5. The number of hydrogen-bond acceptors (Lipinski definition) is 7. The summed E-state index contributed by atoms with van der Waals surface area (Å²) in [6.07, 6.45) is 4.93. The van der Waals surface area contributed by atoms with Gasteiger partial charge in [0.05, 0.1) is 24.9 Å². The average Bonchev–Trinajstić information content (AvgIpc) is 2.78. The highest BCUT2D eigenvalue weighted by atomic mass is 16.5. The van der Waals surface area contributed by atoms with E-state index in [0.29, 0.717) is 25.2 Å². The predicted molar refractivity (Wildman–Crippen MR) is 121 cm³/mol. The molecule has 0 fully saturated rings. The van der Waals surface area contributed by atoms with Crippen LogP contribution in [0, 0.1) is 17.2 Å². The van der Waals surface area contributed by atoms with Crippen molar-refractivity contribution >= 4 is 31.5 Å². The van der Waals surface area contributed by atoms with Gasteiger partial charge in [0.1, 0.15) is 18.8 Å². The van der Waals surface area contributed by atoms with Crippen LogP contribution < -0.4 is 10.1 Å². The number of carbonyl (C=O) groups excluding carboxylic acids is 3. The van der Waals surface area contributed by atoms with Gasteiger partial charge in [0.15, 0.2) is 5.78 Å². The average molecular weight is 441 g/mol. The molecule has 0 spiro atoms. The molecule has 8 nitrogen and oxygen atoms in total. The van der Waals surface area contributed by atoms with Gasteiger partial charge in [0.25, 0.3) is 0 Å². The number of nitrogens with one attached hydrogen (secondary N) is 2. The second-order valence-electron chi connectivity index (χ2n) is 7.98. The third-order valence-corrected chi connectivity index (χ3v) is 5.25. The molecular weight excluding hydrogens is 411 g/mol. The van der Waals surface area contributed by atoms with E-state index in [2.05, 4.69) is 5.32 Å². The van der Waals surface area contributed by atoms with Gasteiger partial charge in [-0.3, -0.25) is 19.8 Å². The van der Waals surface area contributed by atoms with Crippen molar-refractivity contribution in [1.82, 2.24) is 5.32 Å². The van der Waals surface area contributed by atoms with E-state index in [9.17, 15) is 14.4 Å². The van der Waals surface area contributed by atoms with E-state index in [1.54, 1.807) is 12.2 Å². The Kier molecular flexibility index (Phi) is 9.98. The molecule has 2 aliphatic rings. The van der Waals surface area contributed by atoms with E-state index in [4.69, 9.17) is 19.5 Å². The Labute approximate surface area is 189 Å². The lowest BCUT2D eigenvalue weighted by Crippen LogP contribution is -2.47. The molecule has 0 aromatic heterocycles. The number of benzene rings is 1. The maximum atomic E-state index is 13.0. The van der Waals surface area contributed by atoms with Gasteiger partial charge in [-0.05, 0) is 36.5 Å². The minimum Gasteiger partial charge on any atom is -0.555 e. The molecule has 0 unspecified atom stereocenters. The van der Waals surface area contributed by atoms with Crippen LogP contribution in [0.3, 0.4) is 0 Å². The van der Waals surface area contributed by atoms with Crippen molar-refractivity contribution in [3.05, 3.63) is 42.0 Å². The zero-order valence-corrected chi connectivity index (χ0v) is 18.7. The van der Waals surface area contributed by atoms with Crippen molar-refractivity contribution in [3.63, 3.8) is 0 Å². The van der Waals surface area contributed by atoms with Crippen LogP contribution in [0.1, 0.15) is 32.3 Å². The third kappa shape index (κ3) is 7.55. The number of esters is 1. The Bertz CT molecular complexity index is 824. The molecule has 0 saturated heterocycles. The largest absolute Gasteiger partial charge is 0.555 e. The molecule has 1 radical (unpaired) electrons. The fourth-order valence-electron chi connectivity index (χ4n) is 3.46. The second-order valence-corrected chi connectivity index (χ2v) is 7.98. The zero-order valence-electron chi connectivity index (χ0n) is 18.7. The number of allylic oxidation sites excluding steroid dienone is 1. The number of methoxy groups -OCH3 is 1. The molecule has 2 heterocycles. The number of rotatable bonds is 5. The minimum absolute atomic E-state index is 0.0514. The fraction of sp³-hybridized carbons (Fsp3) is 0.478. The number of ketones is 1. The minimum atomic E-state index is -0.768. The maximum absolute atomic E-state index is 13.0. The summed E-state index contributed by atoms with van der Waals surface area (Å²) in [5.41, 5.74) is 0.875. The monoisotopic (exact) mass is 441 g/mol. The first-order chi connectivity index (χ1) is 15.3. The Morgan fingerprint density at radius 2 is 1.94 bits per heavy atom. The second kappa shape index (κ2) is 12.7. The van der Waals surface area contributed by atoms with E-state index in [1.807, 2.05) is 38.1 Å². The predicted octanol–water partition coefficient (Wildman–Crippen LogP) is 2.49. The van der Waals surface area contributed by atoms with Gasteiger partial charge in [0.2, 0.25) is 5.91 Å². The first-order valence-electron chi connectivity index (χ1n) is 10.6. The quantitative estimate of drug-likeness (QED) is 0.239. The van der Waals surface area contributed by atoms with Gasteiger partial charge >= 0.3 is 13.5 Å². The number of fused-ring (bicyclic) bond motifs is 13. The van der Waals surface area contributed by atoms with Crippen molar-refractivity contribution in [2.24, 2.45) is 11.8 Å². The summed E-state index contributed by atoms with van der Waals surface area (Å²) in [7, 11) is 2.57. The molecule has 3 atom stereocenters. The van der Waals surface area contributed by atoms with Crippen LogP contribution in [-0.4, -0.2) is 51.3 Å². The summed E-state index contributed by atoms with van der Waals surface area (Å²) in [5.74, 6) is -1.99. The van der Waals surface area contributed by atoms with E-state index >= 15 is 0 Å². The van der Waals surface area contributed by atoms with Gasteiger partial charge in [0, 0.05) is 6.42 Å². The molecule has 171 valence electrons. The van der Waals surface area contributed by atoms with E-state index < -0.39 is 29.7 Å². The van der Waals surface area contributed by atoms with Gasteiger partial charge in [-0.15, -0.1) is 0 Å². The number of Topliss-reactive ketones (excluding diaryl/α,β-unsaturated/α-hetero) is 1. The Morgan fingerprint density at radius 3 is 2.56 bits per heavy atom. The molecule has 32 heavy (non-hydrogen) atoms. The van der Waals surface area contributed by atoms with Crippen LogP contribution in [0.4, 0.5) is 0 Å². The summed E-state index contributed by atoms with van der Waals surface area (Å²) in [6.45, 7) is 3.99. The van der Waals surface area contributed by atoms with Crippen molar-refractivity contribution < 1.29 is 28.5 Å². The van der Waals surface area contributed by atoms with E-state index in [1.165, 1.54) is 14.6 Å². The number of amides is 1. The van der Waals surface area contributed by atoms with Crippen LogP contribution in [0.25, 0.3) is 0 Å². The molecule has 1 aromatic carbocycles. The van der Waals surface area contributed by atoms with Crippen molar-refractivity contribution in [2.75, 3.05) is 13.7 Å². The highest BCUT2D eigenvalue weighted by Gasteiger charge is 2.32. The first-order valence-corrected chi connectivity index (χ1v) is 10.6. The first kappa shape index (κ1) is 25.2. The molecule has 3 rings (SSSR count). The van der Waals surface area contributed by atoms with Gasteiger partial charge < -0.3 is 19.4 Å². The topological polar surface area (TPSA) is 115 Å². The summed E-state index contributed by atoms with van der Waals surface area (Å²) >= 11 is 0. The molecule has 2 aliphatic heterocycles. The summed E-state index contributed by atoms with van der Waals surface area (Å²) in [4.78, 5) is 38.3. The summed E-state index contributed by atoms with van der Waals surface area (Å²) in [6, 6.07) is 6.56. The van der Waals surface area contributed by atoms with Crippen molar-refractivity contribution in [3.8, 4) is 5.75 Å². The van der Waals surface area contributed by atoms with E-state index in [-0.39, 0.29) is 18.1 Å². The van der Waals surface area contributed by atoms with Gasteiger partial charge in [-0.2, -0.15) is 0 Å². The van der Waals surface area contributed by atoms with Crippen molar-refractivity contribution in [1.29, 1.82) is 5.41 Å². The molecule has 1 amide bonds. The Morgan fingerprint density at radius 1 is 1.22 bits per heavy atom. The molecule has 2 N–H and O–H groups in total. The lowest BCUT2D eigenvalue weighted by molar-refractivity contribution is -0.147. The normalized spacial score (nSPS) is 22.4. The maximum Gasteiger partial charge on any atom is 0.384 e. The lowest BCUT2D eigenvalue weighted by Gasteiger charge is -2.25. The lowest BCUT2D eigenvalue weighted by atomic mass is 9.74. The van der Waals surface area contributed by atoms with Crippen LogP contribution in [-0.2, 0) is 30.2 Å². The highest BCUT2D eigenvalue weighted by Crippen LogP contribution is 2.21. The molecule has 2 bridgehead atoms. The van der Waals surface area contributed by atoms with Crippen molar-refractivity contribution in [2.45, 2.75) is 45.0 Å². The van der Waals surface area contributed by atoms with E-state index in [0.717, 1.165) is 12.0 Å². The fourth-order valence-corrected chi connectivity index (χ4v) is 3.46. The number of ether oxygens (including phenoxy) is 2. The molecule has 0 saturated carbocycles.